The van der Waals surface area contributed by atoms with Crippen molar-refractivity contribution in [3.05, 3.63) is 53.9 Å². The van der Waals surface area contributed by atoms with Crippen molar-refractivity contribution in [2.24, 2.45) is 0 Å². The predicted octanol–water partition coefficient (Wildman–Crippen LogP) is 3.62. The largest absolute Gasteiger partial charge is 0.451 e. The smallest absolute Gasteiger partial charge is 0.291 e. The van der Waals surface area contributed by atoms with Crippen molar-refractivity contribution in [3.8, 4) is 0 Å². The molecule has 0 aliphatic carbocycles. The lowest BCUT2D eigenvalue weighted by molar-refractivity contribution is 0.0998. The van der Waals surface area contributed by atoms with Crippen molar-refractivity contribution >= 4 is 38.2 Å². The first-order valence-corrected chi connectivity index (χ1v) is 11.7. The van der Waals surface area contributed by atoms with E-state index in [1.807, 2.05) is 0 Å². The second-order valence-corrected chi connectivity index (χ2v) is 9.49. The quantitative estimate of drug-likeness (QED) is 0.687. The molecule has 0 saturated carbocycles. The van der Waals surface area contributed by atoms with Gasteiger partial charge in [-0.1, -0.05) is 18.2 Å². The van der Waals surface area contributed by atoms with Crippen LogP contribution < -0.4 is 10.2 Å². The summed E-state index contributed by atoms with van der Waals surface area (Å²) in [6.45, 7) is 1.79. The van der Waals surface area contributed by atoms with Crippen LogP contribution in [0.3, 0.4) is 0 Å². The van der Waals surface area contributed by atoms with E-state index >= 15 is 0 Å². The van der Waals surface area contributed by atoms with Crippen LogP contribution >= 0.6 is 0 Å². The SMILES string of the molecule is CS(=O)(=O)Cc1c(C(=O)Nc2cccnc2N2CCCCC2)oc2ccccc12. The van der Waals surface area contributed by atoms with Crippen LogP contribution in [0, 0.1) is 0 Å². The van der Waals surface area contributed by atoms with Gasteiger partial charge in [-0.3, -0.25) is 4.79 Å². The fourth-order valence-electron chi connectivity index (χ4n) is 3.72. The number of sulfone groups is 1. The Balaban J connectivity index is 1.69. The highest BCUT2D eigenvalue weighted by molar-refractivity contribution is 7.89. The van der Waals surface area contributed by atoms with Crippen LogP contribution in [0.1, 0.15) is 35.4 Å². The van der Waals surface area contributed by atoms with E-state index in [0.29, 0.717) is 22.2 Å². The number of pyridine rings is 1. The fourth-order valence-corrected chi connectivity index (χ4v) is 4.53. The Morgan fingerprint density at radius 1 is 1.14 bits per heavy atom. The molecule has 2 aromatic heterocycles. The maximum atomic E-state index is 13.1. The van der Waals surface area contributed by atoms with E-state index < -0.39 is 15.7 Å². The summed E-state index contributed by atoms with van der Waals surface area (Å²) in [5.41, 5.74) is 1.45. The molecule has 7 nitrogen and oxygen atoms in total. The molecule has 3 aromatic rings. The predicted molar refractivity (Wildman–Crippen MR) is 113 cm³/mol. The molecule has 29 heavy (non-hydrogen) atoms. The molecule has 0 spiro atoms. The maximum absolute atomic E-state index is 13.1. The second kappa shape index (κ2) is 7.87. The number of hydrogen-bond acceptors (Lipinski definition) is 6. The number of rotatable bonds is 5. The van der Waals surface area contributed by atoms with Crippen LogP contribution in [-0.4, -0.2) is 38.7 Å². The zero-order valence-electron chi connectivity index (χ0n) is 16.2. The van der Waals surface area contributed by atoms with Crippen LogP contribution in [0.15, 0.2) is 47.0 Å². The Labute approximate surface area is 169 Å². The number of aromatic nitrogens is 1. The first-order chi connectivity index (χ1) is 13.9. The molecule has 0 atom stereocenters. The van der Waals surface area contributed by atoms with Gasteiger partial charge in [0.25, 0.3) is 5.91 Å². The standard InChI is InChI=1S/C21H23N3O4S/c1-29(26,27)14-16-15-8-3-4-10-18(15)28-19(16)21(25)23-17-9-7-11-22-20(17)24-12-5-2-6-13-24/h3-4,7-11H,2,5-6,12-14H2,1H3,(H,23,25). The molecule has 1 amide bonds. The lowest BCUT2D eigenvalue weighted by Gasteiger charge is -2.29. The van der Waals surface area contributed by atoms with Crippen LogP contribution in [0.25, 0.3) is 11.0 Å². The highest BCUT2D eigenvalue weighted by Crippen LogP contribution is 2.30. The summed E-state index contributed by atoms with van der Waals surface area (Å²) in [6, 6.07) is 10.6. The van der Waals surface area contributed by atoms with E-state index in [1.54, 1.807) is 42.6 Å². The number of nitrogens with one attached hydrogen (secondary N) is 1. The number of para-hydroxylation sites is 1. The topological polar surface area (TPSA) is 92.5 Å². The van der Waals surface area contributed by atoms with E-state index in [1.165, 1.54) is 6.42 Å². The number of nitrogens with zero attached hydrogens (tertiary/aromatic N) is 2. The maximum Gasteiger partial charge on any atom is 0.291 e. The third-order valence-electron chi connectivity index (χ3n) is 5.00. The van der Waals surface area contributed by atoms with Gasteiger partial charge >= 0.3 is 0 Å². The van der Waals surface area contributed by atoms with Gasteiger partial charge in [-0.05, 0) is 37.5 Å². The molecule has 1 aliphatic heterocycles. The lowest BCUT2D eigenvalue weighted by atomic mass is 10.1. The van der Waals surface area contributed by atoms with E-state index in [0.717, 1.165) is 38.0 Å². The zero-order valence-corrected chi connectivity index (χ0v) is 17.0. The van der Waals surface area contributed by atoms with Crippen molar-refractivity contribution in [1.82, 2.24) is 4.98 Å². The molecule has 1 fully saturated rings. The van der Waals surface area contributed by atoms with Crippen LogP contribution in [0.5, 0.6) is 0 Å². The van der Waals surface area contributed by atoms with Gasteiger partial charge in [0.05, 0.1) is 11.4 Å². The van der Waals surface area contributed by atoms with E-state index in [4.69, 9.17) is 4.42 Å². The number of hydrogen-bond donors (Lipinski definition) is 1. The monoisotopic (exact) mass is 413 g/mol. The fraction of sp³-hybridized carbons (Fsp3) is 0.333. The van der Waals surface area contributed by atoms with Crippen LogP contribution in [0.2, 0.25) is 0 Å². The van der Waals surface area contributed by atoms with Gasteiger partial charge < -0.3 is 14.6 Å². The van der Waals surface area contributed by atoms with Crippen molar-refractivity contribution in [2.75, 3.05) is 29.6 Å². The summed E-state index contributed by atoms with van der Waals surface area (Å²) in [5.74, 6) is -0.00351. The van der Waals surface area contributed by atoms with Gasteiger partial charge in [-0.15, -0.1) is 0 Å². The van der Waals surface area contributed by atoms with Crippen molar-refractivity contribution in [1.29, 1.82) is 0 Å². The summed E-state index contributed by atoms with van der Waals surface area (Å²) >= 11 is 0. The number of carbonyl (C=O) groups excluding carboxylic acids is 1. The highest BCUT2D eigenvalue weighted by atomic mass is 32.2. The van der Waals surface area contributed by atoms with Crippen molar-refractivity contribution < 1.29 is 17.6 Å². The zero-order chi connectivity index (χ0) is 20.4. The van der Waals surface area contributed by atoms with E-state index in [9.17, 15) is 13.2 Å². The summed E-state index contributed by atoms with van der Waals surface area (Å²) in [5, 5.41) is 3.51. The Morgan fingerprint density at radius 3 is 2.66 bits per heavy atom. The molecular weight excluding hydrogens is 390 g/mol. The Hall–Kier alpha value is -2.87. The summed E-state index contributed by atoms with van der Waals surface area (Å²) < 4.78 is 29.6. The molecule has 1 aromatic carbocycles. The summed E-state index contributed by atoms with van der Waals surface area (Å²) in [6.07, 6.45) is 6.22. The normalized spacial score (nSPS) is 14.9. The minimum Gasteiger partial charge on any atom is -0.451 e. The number of piperidine rings is 1. The van der Waals surface area contributed by atoms with Gasteiger partial charge in [0.1, 0.15) is 5.58 Å². The minimum atomic E-state index is -3.35. The molecule has 0 radical (unpaired) electrons. The molecule has 1 saturated heterocycles. The number of carbonyl (C=O) groups is 1. The van der Waals surface area contributed by atoms with Crippen LogP contribution in [-0.2, 0) is 15.6 Å². The molecule has 1 N–H and O–H groups in total. The first-order valence-electron chi connectivity index (χ1n) is 9.62. The molecule has 4 rings (SSSR count). The van der Waals surface area contributed by atoms with Gasteiger partial charge in [-0.2, -0.15) is 0 Å². The molecule has 0 bridgehead atoms. The average Bonchev–Trinajstić information content (AvgIpc) is 3.06. The molecule has 0 unspecified atom stereocenters. The highest BCUT2D eigenvalue weighted by Gasteiger charge is 2.25. The molecule has 8 heteroatoms. The minimum absolute atomic E-state index is 0.0186. The van der Waals surface area contributed by atoms with Gasteiger partial charge in [0.2, 0.25) is 0 Å². The molecular formula is C21H23N3O4S. The third kappa shape index (κ3) is 4.27. The summed E-state index contributed by atoms with van der Waals surface area (Å²) in [4.78, 5) is 19.7. The van der Waals surface area contributed by atoms with Crippen molar-refractivity contribution in [3.63, 3.8) is 0 Å². The molecule has 3 heterocycles. The number of anilines is 2. The van der Waals surface area contributed by atoms with Gasteiger partial charge in [-0.25, -0.2) is 13.4 Å². The van der Waals surface area contributed by atoms with E-state index in [-0.39, 0.29) is 11.5 Å². The average molecular weight is 413 g/mol. The number of amides is 1. The molecule has 1 aliphatic rings. The number of furan rings is 1. The Morgan fingerprint density at radius 2 is 1.90 bits per heavy atom. The second-order valence-electron chi connectivity index (χ2n) is 7.35. The first kappa shape index (κ1) is 19.4. The van der Waals surface area contributed by atoms with Gasteiger partial charge in [0.15, 0.2) is 21.4 Å². The summed E-state index contributed by atoms with van der Waals surface area (Å²) in [7, 11) is -3.35. The van der Waals surface area contributed by atoms with Crippen LogP contribution in [0.4, 0.5) is 11.5 Å². The van der Waals surface area contributed by atoms with Crippen molar-refractivity contribution in [2.45, 2.75) is 25.0 Å². The number of fused-ring (bicyclic) bond motifs is 1. The Bertz CT molecular complexity index is 1150. The van der Waals surface area contributed by atoms with E-state index in [2.05, 4.69) is 15.2 Å². The number of benzene rings is 1. The van der Waals surface area contributed by atoms with Gasteiger partial charge in [0, 0.05) is 36.5 Å². The Kier molecular flexibility index (Phi) is 5.27. The third-order valence-corrected chi connectivity index (χ3v) is 5.81. The lowest BCUT2D eigenvalue weighted by Crippen LogP contribution is -2.31. The molecule has 152 valence electrons.